The van der Waals surface area contributed by atoms with Gasteiger partial charge in [-0.25, -0.2) is 31.7 Å². The van der Waals surface area contributed by atoms with Gasteiger partial charge < -0.3 is 20.3 Å². The Morgan fingerprint density at radius 2 is 2.04 bits per heavy atom. The van der Waals surface area contributed by atoms with E-state index in [1.54, 1.807) is 11.9 Å². The maximum Gasteiger partial charge on any atom is 0.346 e. The molecule has 6 heterocycles. The molecule has 2 N–H and O–H groups in total. The predicted molar refractivity (Wildman–Crippen MR) is 203 cm³/mol. The molecule has 1 saturated carbocycles. The van der Waals surface area contributed by atoms with Crippen molar-refractivity contribution in [2.75, 3.05) is 50.5 Å². The molecule has 3 saturated heterocycles. The topological polar surface area (TPSA) is 142 Å². The molecule has 4 aliphatic rings. The fraction of sp³-hybridized carbons (Fsp3) is 0.474. The molecule has 1 aliphatic carbocycles. The number of aromatic nitrogens is 5. The lowest BCUT2D eigenvalue weighted by Crippen LogP contribution is -2.65. The molecule has 12 nitrogen and oxygen atoms in total. The highest BCUT2D eigenvalue weighted by Crippen LogP contribution is 2.47. The third kappa shape index (κ3) is 6.20. The Balaban J connectivity index is 1.10. The zero-order valence-electron chi connectivity index (χ0n) is 30.6. The van der Waals surface area contributed by atoms with Crippen LogP contribution in [0.3, 0.4) is 0 Å². The molecule has 0 bridgehead atoms. The number of amides is 1. The molecule has 0 radical (unpaired) electrons. The third-order valence-electron chi connectivity index (χ3n) is 12.2. The lowest BCUT2D eigenvalue weighted by molar-refractivity contribution is -0.0107. The molecule has 298 valence electrons. The number of likely N-dealkylation sites (tertiary alicyclic amines) is 1. The van der Waals surface area contributed by atoms with Gasteiger partial charge >= 0.3 is 12.0 Å². The normalized spacial score (nSPS) is 23.6. The highest BCUT2D eigenvalue weighted by Gasteiger charge is 2.50. The fourth-order valence-corrected chi connectivity index (χ4v) is 10.6. The van der Waals surface area contributed by atoms with Crippen molar-refractivity contribution in [2.45, 2.75) is 62.7 Å². The van der Waals surface area contributed by atoms with Gasteiger partial charge in [0.1, 0.15) is 47.3 Å². The van der Waals surface area contributed by atoms with Crippen molar-refractivity contribution in [3.05, 3.63) is 52.6 Å². The highest BCUT2D eigenvalue weighted by atomic mass is 35.5. The van der Waals surface area contributed by atoms with Crippen LogP contribution in [0.4, 0.5) is 37.6 Å². The molecule has 3 aromatic heterocycles. The summed E-state index contributed by atoms with van der Waals surface area (Å²) < 4.78 is 80.5. The molecular weight excluding hydrogens is 791 g/mol. The van der Waals surface area contributed by atoms with Crippen LogP contribution in [0.25, 0.3) is 32.1 Å². The quantitative estimate of drug-likeness (QED) is 0.148. The van der Waals surface area contributed by atoms with Crippen LogP contribution in [0.1, 0.15) is 56.3 Å². The number of nitrogen functional groups attached to an aromatic ring is 1. The number of nitrogens with zero attached hydrogens (tertiary/aromatic N) is 9. The number of nitriles is 1. The monoisotopic (exact) mass is 826 g/mol. The number of carbonyl (C=O) groups excluding carboxylic acids is 1. The minimum Gasteiger partial charge on any atom is -0.461 e. The first-order valence-electron chi connectivity index (χ1n) is 18.7. The van der Waals surface area contributed by atoms with Gasteiger partial charge in [-0.15, -0.1) is 16.4 Å². The van der Waals surface area contributed by atoms with Crippen LogP contribution in [0.5, 0.6) is 6.01 Å². The van der Waals surface area contributed by atoms with Crippen molar-refractivity contribution in [1.29, 1.82) is 5.26 Å². The Morgan fingerprint density at radius 1 is 1.23 bits per heavy atom. The maximum absolute atomic E-state index is 17.2. The van der Waals surface area contributed by atoms with Crippen molar-refractivity contribution >= 4 is 60.8 Å². The highest BCUT2D eigenvalue weighted by molar-refractivity contribution is 7.23. The van der Waals surface area contributed by atoms with Gasteiger partial charge in [-0.3, -0.25) is 4.90 Å². The number of hydrogen-bond acceptors (Lipinski definition) is 11. The molecule has 1 amide bonds. The summed E-state index contributed by atoms with van der Waals surface area (Å²) in [6, 6.07) is 5.15. The molecule has 0 unspecified atom stereocenters. The summed E-state index contributed by atoms with van der Waals surface area (Å²) >= 11 is 7.78. The molecular formula is C38H36ClF5N10O2S. The number of anilines is 2. The summed E-state index contributed by atoms with van der Waals surface area (Å²) in [6.07, 6.45) is 1.78. The first-order chi connectivity index (χ1) is 27.4. The summed E-state index contributed by atoms with van der Waals surface area (Å²) in [5.74, 6) is -1.81. The molecule has 0 spiro atoms. The number of benzene rings is 2. The van der Waals surface area contributed by atoms with Crippen LogP contribution < -0.4 is 15.4 Å². The zero-order chi connectivity index (χ0) is 39.9. The van der Waals surface area contributed by atoms with E-state index in [1.165, 1.54) is 18.2 Å². The Bertz CT molecular complexity index is 2470. The Labute approximate surface area is 332 Å². The molecule has 4 fully saturated rings. The number of alkyl halides is 3. The van der Waals surface area contributed by atoms with Crippen molar-refractivity contribution in [2.24, 2.45) is 11.8 Å². The number of carbonyl (C=O) groups is 1. The van der Waals surface area contributed by atoms with Crippen molar-refractivity contribution in [3.8, 4) is 23.2 Å². The number of ether oxygens (including phenoxy) is 1. The van der Waals surface area contributed by atoms with E-state index in [2.05, 4.69) is 20.0 Å². The lowest BCUT2D eigenvalue weighted by Gasteiger charge is -2.54. The first-order valence-corrected chi connectivity index (χ1v) is 19.9. The number of halogens is 6. The van der Waals surface area contributed by atoms with Crippen molar-refractivity contribution in [1.82, 2.24) is 34.5 Å². The number of rotatable bonds is 9. The summed E-state index contributed by atoms with van der Waals surface area (Å²) in [5.41, 5.74) is 5.46. The average molecular weight is 827 g/mol. The minimum absolute atomic E-state index is 0.00243. The van der Waals surface area contributed by atoms with E-state index in [1.807, 2.05) is 11.0 Å². The Morgan fingerprint density at radius 3 is 2.75 bits per heavy atom. The second kappa shape index (κ2) is 14.2. The SMILES string of the molecule is CN(C[C@@H]1CN(C(=O)n2cnc(C(F)F)n2)[C@@H]1C1CCC1)c1nc(OC[C@@]23CCCN2C[C@H](F)C3)nc2c(F)c(-c3ccc(F)c4sc(N)c(C#N)c34)c(Cl)cc12. The van der Waals surface area contributed by atoms with Gasteiger partial charge in [0, 0.05) is 61.4 Å². The van der Waals surface area contributed by atoms with E-state index in [9.17, 15) is 23.2 Å². The molecule has 19 heteroatoms. The standard InChI is InChI=1S/C38H36ClF5N10O2S/c1-51(13-19-14-53(30(19)18-4-2-5-18)37(55)54-17-47-34(50-54)32(43)44)35-22-10-24(39)27(21-6-7-25(41)31-26(21)23(12-45)33(46)57-31)28(42)29(22)48-36(49-35)56-16-38-8-3-9-52(38)15-20(40)11-38/h6-7,10,17-20,30,32H,2-5,8-9,11,13-16,46H2,1H3/t19-,20-,30-,38+/m1/s1. The van der Waals surface area contributed by atoms with Crippen molar-refractivity contribution < 1.29 is 31.5 Å². The van der Waals surface area contributed by atoms with Crippen LogP contribution in [0, 0.1) is 34.8 Å². The number of fused-ring (bicyclic) bond motifs is 3. The molecule has 9 rings (SSSR count). The van der Waals surface area contributed by atoms with E-state index in [0.29, 0.717) is 26.1 Å². The fourth-order valence-electron chi connectivity index (χ4n) is 9.35. The molecule has 4 atom stereocenters. The van der Waals surface area contributed by atoms with E-state index >= 15 is 8.78 Å². The van der Waals surface area contributed by atoms with Crippen LogP contribution in [0.2, 0.25) is 5.02 Å². The summed E-state index contributed by atoms with van der Waals surface area (Å²) in [6.45, 7) is 1.79. The largest absolute Gasteiger partial charge is 0.461 e. The average Bonchev–Trinajstić information content (AvgIpc) is 3.93. The lowest BCUT2D eigenvalue weighted by atomic mass is 9.70. The second-order valence-electron chi connectivity index (χ2n) is 15.5. The predicted octanol–water partition coefficient (Wildman–Crippen LogP) is 7.59. The van der Waals surface area contributed by atoms with Crippen LogP contribution >= 0.6 is 22.9 Å². The van der Waals surface area contributed by atoms with Crippen LogP contribution in [-0.4, -0.2) is 98.1 Å². The minimum atomic E-state index is -2.91. The smallest absolute Gasteiger partial charge is 0.346 e. The third-order valence-corrected chi connectivity index (χ3v) is 13.5. The van der Waals surface area contributed by atoms with E-state index in [-0.39, 0.29) is 84.0 Å². The van der Waals surface area contributed by atoms with Gasteiger partial charge in [0.2, 0.25) is 5.82 Å². The summed E-state index contributed by atoms with van der Waals surface area (Å²) in [5, 5.41) is 14.0. The summed E-state index contributed by atoms with van der Waals surface area (Å²) in [4.78, 5) is 31.9. The van der Waals surface area contributed by atoms with Gasteiger partial charge in [-0.2, -0.15) is 19.9 Å². The molecule has 5 aromatic rings. The van der Waals surface area contributed by atoms with Gasteiger partial charge in [-0.1, -0.05) is 24.1 Å². The van der Waals surface area contributed by atoms with Gasteiger partial charge in [0.05, 0.1) is 20.8 Å². The summed E-state index contributed by atoms with van der Waals surface area (Å²) in [7, 11) is 1.78. The van der Waals surface area contributed by atoms with Crippen molar-refractivity contribution in [3.63, 3.8) is 0 Å². The van der Waals surface area contributed by atoms with Crippen LogP contribution in [-0.2, 0) is 0 Å². The zero-order valence-corrected chi connectivity index (χ0v) is 32.1. The number of hydrogen-bond donors (Lipinski definition) is 1. The molecule has 2 aromatic carbocycles. The van der Waals surface area contributed by atoms with E-state index in [4.69, 9.17) is 27.1 Å². The van der Waals surface area contributed by atoms with Gasteiger partial charge in [0.25, 0.3) is 6.43 Å². The number of nitrogens with two attached hydrogens (primary N) is 1. The van der Waals surface area contributed by atoms with E-state index < -0.39 is 41.6 Å². The second-order valence-corrected chi connectivity index (χ2v) is 17.0. The van der Waals surface area contributed by atoms with Crippen LogP contribution in [0.15, 0.2) is 24.5 Å². The van der Waals surface area contributed by atoms with Gasteiger partial charge in [-0.05, 0) is 55.8 Å². The number of thiophene rings is 1. The maximum atomic E-state index is 17.2. The molecule has 3 aliphatic heterocycles. The first kappa shape index (κ1) is 37.7. The van der Waals surface area contributed by atoms with Gasteiger partial charge in [0.15, 0.2) is 5.82 Å². The van der Waals surface area contributed by atoms with E-state index in [0.717, 1.165) is 61.0 Å². The molecule has 57 heavy (non-hydrogen) atoms. The Kier molecular flexibility index (Phi) is 9.39. The Hall–Kier alpha value is -4.86.